The van der Waals surface area contributed by atoms with Crippen molar-refractivity contribution in [3.05, 3.63) is 41.3 Å². The first-order valence-electron chi connectivity index (χ1n) is 6.29. The van der Waals surface area contributed by atoms with Crippen molar-refractivity contribution in [2.24, 2.45) is 0 Å². The van der Waals surface area contributed by atoms with Crippen molar-refractivity contribution < 1.29 is 4.79 Å². The summed E-state index contributed by atoms with van der Waals surface area (Å²) in [6.07, 6.45) is 2.04. The molecule has 5 nitrogen and oxygen atoms in total. The zero-order chi connectivity index (χ0) is 13.8. The van der Waals surface area contributed by atoms with E-state index >= 15 is 0 Å². The van der Waals surface area contributed by atoms with Crippen molar-refractivity contribution in [3.63, 3.8) is 0 Å². The SMILES string of the molecule is Cc1nn(CCC(=O)Nc2ccccn2)c(C)c1C. The predicted molar refractivity (Wildman–Crippen MR) is 73.9 cm³/mol. The van der Waals surface area contributed by atoms with Crippen LogP contribution >= 0.6 is 0 Å². The molecule has 0 bridgehead atoms. The highest BCUT2D eigenvalue weighted by atomic mass is 16.1. The maximum Gasteiger partial charge on any atom is 0.227 e. The van der Waals surface area contributed by atoms with Crippen LogP contribution in [0.1, 0.15) is 23.4 Å². The third kappa shape index (κ3) is 3.19. The van der Waals surface area contributed by atoms with Crippen LogP contribution in [0.2, 0.25) is 0 Å². The molecule has 19 heavy (non-hydrogen) atoms. The largest absolute Gasteiger partial charge is 0.311 e. The summed E-state index contributed by atoms with van der Waals surface area (Å²) in [6, 6.07) is 5.42. The Bertz CT molecular complexity index is 575. The van der Waals surface area contributed by atoms with Crippen LogP contribution in [-0.4, -0.2) is 20.7 Å². The van der Waals surface area contributed by atoms with E-state index in [0.29, 0.717) is 18.8 Å². The lowest BCUT2D eigenvalue weighted by atomic mass is 10.2. The fraction of sp³-hybridized carbons (Fsp3) is 0.357. The first kappa shape index (κ1) is 13.3. The number of hydrogen-bond donors (Lipinski definition) is 1. The molecule has 100 valence electrons. The molecule has 0 aromatic carbocycles. The minimum Gasteiger partial charge on any atom is -0.311 e. The van der Waals surface area contributed by atoms with Gasteiger partial charge in [0.15, 0.2) is 0 Å². The van der Waals surface area contributed by atoms with E-state index in [9.17, 15) is 4.79 Å². The Morgan fingerprint density at radius 3 is 2.68 bits per heavy atom. The molecule has 2 heterocycles. The molecule has 2 rings (SSSR count). The Hall–Kier alpha value is -2.17. The third-order valence-electron chi connectivity index (χ3n) is 3.23. The quantitative estimate of drug-likeness (QED) is 0.914. The molecule has 1 N–H and O–H groups in total. The number of aryl methyl sites for hydroxylation is 2. The molecule has 2 aromatic rings. The summed E-state index contributed by atoms with van der Waals surface area (Å²) < 4.78 is 1.88. The Kier molecular flexibility index (Phi) is 3.94. The van der Waals surface area contributed by atoms with Crippen molar-refractivity contribution in [2.45, 2.75) is 33.7 Å². The summed E-state index contributed by atoms with van der Waals surface area (Å²) in [5.74, 6) is 0.529. The van der Waals surface area contributed by atoms with Crippen LogP contribution in [0.15, 0.2) is 24.4 Å². The monoisotopic (exact) mass is 258 g/mol. The highest BCUT2D eigenvalue weighted by Crippen LogP contribution is 2.11. The van der Waals surface area contributed by atoms with E-state index in [-0.39, 0.29) is 5.91 Å². The van der Waals surface area contributed by atoms with E-state index in [2.05, 4.69) is 15.4 Å². The Labute approximate surface area is 112 Å². The van der Waals surface area contributed by atoms with Crippen LogP contribution in [0, 0.1) is 20.8 Å². The van der Waals surface area contributed by atoms with Crippen LogP contribution in [0.5, 0.6) is 0 Å². The molecule has 5 heteroatoms. The molecule has 0 saturated carbocycles. The van der Waals surface area contributed by atoms with Crippen LogP contribution in [0.4, 0.5) is 5.82 Å². The Balaban J connectivity index is 1.92. The standard InChI is InChI=1S/C14H18N4O/c1-10-11(2)17-18(12(10)3)9-7-14(19)16-13-6-4-5-8-15-13/h4-6,8H,7,9H2,1-3H3,(H,15,16,19). The van der Waals surface area contributed by atoms with Gasteiger partial charge in [0.25, 0.3) is 0 Å². The van der Waals surface area contributed by atoms with Crippen molar-refractivity contribution >= 4 is 11.7 Å². The van der Waals surface area contributed by atoms with Gasteiger partial charge in [-0.05, 0) is 38.5 Å². The maximum atomic E-state index is 11.8. The number of hydrogen-bond acceptors (Lipinski definition) is 3. The second-order valence-corrected chi connectivity index (χ2v) is 4.53. The Morgan fingerprint density at radius 2 is 2.11 bits per heavy atom. The van der Waals surface area contributed by atoms with Crippen molar-refractivity contribution in [2.75, 3.05) is 5.32 Å². The second kappa shape index (κ2) is 5.65. The number of carbonyl (C=O) groups excluding carboxylic acids is 1. The molecule has 0 unspecified atom stereocenters. The fourth-order valence-corrected chi connectivity index (χ4v) is 1.85. The second-order valence-electron chi connectivity index (χ2n) is 4.53. The van der Waals surface area contributed by atoms with E-state index in [4.69, 9.17) is 0 Å². The van der Waals surface area contributed by atoms with Gasteiger partial charge in [0.05, 0.1) is 5.69 Å². The molecule has 0 spiro atoms. The van der Waals surface area contributed by atoms with Gasteiger partial charge in [0.1, 0.15) is 5.82 Å². The van der Waals surface area contributed by atoms with Crippen molar-refractivity contribution in [3.8, 4) is 0 Å². The molecule has 0 saturated heterocycles. The maximum absolute atomic E-state index is 11.8. The highest BCUT2D eigenvalue weighted by Gasteiger charge is 2.09. The first-order chi connectivity index (χ1) is 9.08. The lowest BCUT2D eigenvalue weighted by Gasteiger charge is -2.06. The molecular weight excluding hydrogens is 240 g/mol. The van der Waals surface area contributed by atoms with E-state index in [0.717, 1.165) is 11.4 Å². The van der Waals surface area contributed by atoms with Gasteiger partial charge in [-0.15, -0.1) is 0 Å². The molecule has 0 atom stereocenters. The summed E-state index contributed by atoms with van der Waals surface area (Å²) >= 11 is 0. The minimum absolute atomic E-state index is 0.0519. The lowest BCUT2D eigenvalue weighted by molar-refractivity contribution is -0.116. The van der Waals surface area contributed by atoms with Gasteiger partial charge in [-0.3, -0.25) is 9.48 Å². The summed E-state index contributed by atoms with van der Waals surface area (Å²) in [7, 11) is 0. The molecule has 2 aromatic heterocycles. The minimum atomic E-state index is -0.0519. The van der Waals surface area contributed by atoms with E-state index in [1.807, 2.05) is 37.6 Å². The van der Waals surface area contributed by atoms with Gasteiger partial charge in [-0.2, -0.15) is 5.10 Å². The summed E-state index contributed by atoms with van der Waals surface area (Å²) in [5.41, 5.74) is 3.32. The van der Waals surface area contributed by atoms with E-state index in [1.165, 1.54) is 5.56 Å². The summed E-state index contributed by atoms with van der Waals surface area (Å²) in [6.45, 7) is 6.63. The number of aromatic nitrogens is 3. The number of anilines is 1. The van der Waals surface area contributed by atoms with Crippen LogP contribution in [0.25, 0.3) is 0 Å². The predicted octanol–water partition coefficient (Wildman–Crippen LogP) is 2.23. The van der Waals surface area contributed by atoms with Gasteiger partial charge in [-0.25, -0.2) is 4.98 Å². The fourth-order valence-electron chi connectivity index (χ4n) is 1.85. The number of pyridine rings is 1. The normalized spacial score (nSPS) is 10.5. The molecule has 0 aliphatic carbocycles. The average Bonchev–Trinajstić information content (AvgIpc) is 2.65. The molecular formula is C14H18N4O. The first-order valence-corrected chi connectivity index (χ1v) is 6.29. The van der Waals surface area contributed by atoms with Gasteiger partial charge < -0.3 is 5.32 Å². The topological polar surface area (TPSA) is 59.8 Å². The number of amides is 1. The van der Waals surface area contributed by atoms with Gasteiger partial charge in [0.2, 0.25) is 5.91 Å². The average molecular weight is 258 g/mol. The molecule has 0 aliphatic rings. The summed E-state index contributed by atoms with van der Waals surface area (Å²) in [5, 5.41) is 7.17. The van der Waals surface area contributed by atoms with E-state index in [1.54, 1.807) is 12.3 Å². The number of carbonyl (C=O) groups is 1. The zero-order valence-electron chi connectivity index (χ0n) is 11.5. The highest BCUT2D eigenvalue weighted by molar-refractivity contribution is 5.89. The summed E-state index contributed by atoms with van der Waals surface area (Å²) in [4.78, 5) is 15.9. The molecule has 0 fully saturated rings. The van der Waals surface area contributed by atoms with Crippen molar-refractivity contribution in [1.29, 1.82) is 0 Å². The van der Waals surface area contributed by atoms with Gasteiger partial charge in [0, 0.05) is 24.9 Å². The van der Waals surface area contributed by atoms with Crippen LogP contribution in [-0.2, 0) is 11.3 Å². The van der Waals surface area contributed by atoms with Gasteiger partial charge >= 0.3 is 0 Å². The van der Waals surface area contributed by atoms with Crippen LogP contribution < -0.4 is 5.32 Å². The van der Waals surface area contributed by atoms with Gasteiger partial charge in [-0.1, -0.05) is 6.07 Å². The smallest absolute Gasteiger partial charge is 0.227 e. The Morgan fingerprint density at radius 1 is 1.32 bits per heavy atom. The number of nitrogens with one attached hydrogen (secondary N) is 1. The third-order valence-corrected chi connectivity index (χ3v) is 3.23. The zero-order valence-corrected chi connectivity index (χ0v) is 11.5. The lowest BCUT2D eigenvalue weighted by Crippen LogP contribution is -2.16. The number of nitrogens with zero attached hydrogens (tertiary/aromatic N) is 3. The number of rotatable bonds is 4. The van der Waals surface area contributed by atoms with Crippen molar-refractivity contribution in [1.82, 2.24) is 14.8 Å². The van der Waals surface area contributed by atoms with Crippen LogP contribution in [0.3, 0.4) is 0 Å². The van der Waals surface area contributed by atoms with E-state index < -0.39 is 0 Å². The molecule has 1 amide bonds. The molecule has 0 radical (unpaired) electrons. The molecule has 0 aliphatic heterocycles.